The summed E-state index contributed by atoms with van der Waals surface area (Å²) < 4.78 is 0. The third kappa shape index (κ3) is 0.952. The van der Waals surface area contributed by atoms with Crippen LogP contribution in [0.2, 0.25) is 0 Å². The van der Waals surface area contributed by atoms with E-state index >= 15 is 0 Å². The molecule has 0 aromatic carbocycles. The molecule has 0 saturated carbocycles. The Kier molecular flexibility index (Phi) is 1.55. The van der Waals surface area contributed by atoms with Crippen molar-refractivity contribution >= 4 is 18.4 Å². The summed E-state index contributed by atoms with van der Waals surface area (Å²) in [5.74, 6) is 0.405. The summed E-state index contributed by atoms with van der Waals surface area (Å²) in [4.78, 5) is 22.9. The first-order chi connectivity index (χ1) is 5.92. The molecule has 3 radical (unpaired) electrons. The minimum Gasteiger partial charge on any atom is -0.263 e. The monoisotopic (exact) mass is 159 g/mol. The third-order valence-electron chi connectivity index (χ3n) is 1.35. The molecular formula is C7H3N4O. The van der Waals surface area contributed by atoms with Gasteiger partial charge in [-0.15, -0.1) is 0 Å². The largest absolute Gasteiger partial charge is 0.320 e. The van der Waals surface area contributed by atoms with Gasteiger partial charge in [0.25, 0.3) is 0 Å². The van der Waals surface area contributed by atoms with E-state index in [2.05, 4.69) is 21.6 Å². The van der Waals surface area contributed by atoms with Crippen molar-refractivity contribution in [1.82, 2.24) is 9.97 Å². The Morgan fingerprint density at radius 3 is 3.08 bits per heavy atom. The van der Waals surface area contributed by atoms with Crippen molar-refractivity contribution < 1.29 is 4.79 Å². The molecule has 1 aromatic rings. The lowest BCUT2D eigenvalue weighted by Crippen LogP contribution is -2.22. The zero-order chi connectivity index (χ0) is 8.39. The molecule has 0 bridgehead atoms. The number of rotatable bonds is 1. The van der Waals surface area contributed by atoms with Crippen molar-refractivity contribution in [2.45, 2.75) is 0 Å². The molecule has 2 heterocycles. The standard InChI is InChI=1S/C7H3N4O/c12-5-11-4-8-3-6-7(11)10-2-1-9-6/h1-3H. The molecule has 0 saturated heterocycles. The number of hydrogen-bond acceptors (Lipinski definition) is 4. The van der Waals surface area contributed by atoms with Gasteiger partial charge in [0, 0.05) is 12.4 Å². The Morgan fingerprint density at radius 1 is 1.42 bits per heavy atom. The summed E-state index contributed by atoms with van der Waals surface area (Å²) in [7, 11) is 0. The summed E-state index contributed by atoms with van der Waals surface area (Å²) in [6.45, 7) is 2.40. The Balaban J connectivity index is 2.52. The van der Waals surface area contributed by atoms with Gasteiger partial charge in [0.1, 0.15) is 5.69 Å². The Morgan fingerprint density at radius 2 is 2.25 bits per heavy atom. The number of aromatic nitrogens is 2. The van der Waals surface area contributed by atoms with E-state index in [1.807, 2.05) is 0 Å². The lowest BCUT2D eigenvalue weighted by molar-refractivity contribution is 0.553. The van der Waals surface area contributed by atoms with Gasteiger partial charge in [0.05, 0.1) is 6.21 Å². The number of anilines is 1. The molecule has 1 amide bonds. The van der Waals surface area contributed by atoms with Crippen LogP contribution in [0.5, 0.6) is 0 Å². The van der Waals surface area contributed by atoms with Crippen LogP contribution in [0, 0.1) is 6.67 Å². The quantitative estimate of drug-likeness (QED) is 0.569. The van der Waals surface area contributed by atoms with Crippen LogP contribution < -0.4 is 4.90 Å². The van der Waals surface area contributed by atoms with Gasteiger partial charge >= 0.3 is 6.41 Å². The average molecular weight is 159 g/mol. The van der Waals surface area contributed by atoms with Crippen LogP contribution in [0.4, 0.5) is 5.82 Å². The highest BCUT2D eigenvalue weighted by atomic mass is 16.1. The van der Waals surface area contributed by atoms with Crippen LogP contribution in [0.1, 0.15) is 5.69 Å². The van der Waals surface area contributed by atoms with Crippen molar-refractivity contribution in [3.05, 3.63) is 24.8 Å². The van der Waals surface area contributed by atoms with E-state index in [-0.39, 0.29) is 0 Å². The molecule has 1 aliphatic rings. The van der Waals surface area contributed by atoms with E-state index < -0.39 is 0 Å². The van der Waals surface area contributed by atoms with Crippen LogP contribution in [0.25, 0.3) is 0 Å². The maximum Gasteiger partial charge on any atom is 0.320 e. The Hall–Kier alpha value is -1.78. The average Bonchev–Trinajstić information content (AvgIpc) is 2.17. The van der Waals surface area contributed by atoms with Gasteiger partial charge in [-0.3, -0.25) is 14.7 Å². The van der Waals surface area contributed by atoms with Crippen molar-refractivity contribution in [2.24, 2.45) is 4.99 Å². The first-order valence-corrected chi connectivity index (χ1v) is 3.19. The molecule has 2 rings (SSSR count). The first kappa shape index (κ1) is 6.90. The van der Waals surface area contributed by atoms with E-state index in [1.54, 1.807) is 6.41 Å². The summed E-state index contributed by atoms with van der Waals surface area (Å²) in [6.07, 6.45) is 6.12. The number of nitrogens with zero attached hydrogens (tertiary/aromatic N) is 4. The molecule has 57 valence electrons. The zero-order valence-corrected chi connectivity index (χ0v) is 5.93. The minimum absolute atomic E-state index is 0.405. The highest BCUT2D eigenvalue weighted by Gasteiger charge is 2.16. The Labute approximate surface area is 68.8 Å². The van der Waals surface area contributed by atoms with Crippen LogP contribution in [-0.4, -0.2) is 22.6 Å². The number of fused-ring (bicyclic) bond motifs is 1. The highest BCUT2D eigenvalue weighted by molar-refractivity contribution is 5.92. The summed E-state index contributed by atoms with van der Waals surface area (Å²) in [5, 5.41) is 0. The van der Waals surface area contributed by atoms with Gasteiger partial charge in [0.2, 0.25) is 6.67 Å². The molecule has 0 atom stereocenters. The van der Waals surface area contributed by atoms with Gasteiger partial charge in [-0.05, 0) is 0 Å². The second kappa shape index (κ2) is 2.69. The number of amides is 1. The van der Waals surface area contributed by atoms with E-state index in [9.17, 15) is 4.79 Å². The molecule has 5 heteroatoms. The normalized spacial score (nSPS) is 14.2. The highest BCUT2D eigenvalue weighted by Crippen LogP contribution is 2.16. The summed E-state index contributed by atoms with van der Waals surface area (Å²) in [6, 6.07) is 0. The number of aliphatic imine (C=N–C) groups is 1. The number of hydrogen-bond donors (Lipinski definition) is 0. The first-order valence-electron chi connectivity index (χ1n) is 3.19. The zero-order valence-electron chi connectivity index (χ0n) is 5.93. The van der Waals surface area contributed by atoms with Crippen molar-refractivity contribution in [2.75, 3.05) is 4.90 Å². The van der Waals surface area contributed by atoms with Gasteiger partial charge < -0.3 is 0 Å². The van der Waals surface area contributed by atoms with Crippen molar-refractivity contribution in [3.63, 3.8) is 0 Å². The topological polar surface area (TPSA) is 58.5 Å². The number of carbonyl (C=O) groups excluding carboxylic acids is 1. The summed E-state index contributed by atoms with van der Waals surface area (Å²) in [5.41, 5.74) is 0.541. The second-order valence-corrected chi connectivity index (χ2v) is 2.05. The molecule has 0 aliphatic carbocycles. The lowest BCUT2D eigenvalue weighted by Gasteiger charge is -2.14. The van der Waals surface area contributed by atoms with E-state index in [0.717, 1.165) is 4.90 Å². The minimum atomic E-state index is 0.405. The lowest BCUT2D eigenvalue weighted by atomic mass is 10.4. The SMILES string of the molecule is O=[C]N1[C]N=Cc2nccnc21. The predicted octanol–water partition coefficient (Wildman–Crippen LogP) is -0.221. The van der Waals surface area contributed by atoms with E-state index in [4.69, 9.17) is 0 Å². The van der Waals surface area contributed by atoms with Crippen molar-refractivity contribution in [1.29, 1.82) is 0 Å². The Bertz CT molecular complexity index is 336. The third-order valence-corrected chi connectivity index (χ3v) is 1.35. The van der Waals surface area contributed by atoms with Gasteiger partial charge in [-0.1, -0.05) is 0 Å². The van der Waals surface area contributed by atoms with Crippen LogP contribution in [0.3, 0.4) is 0 Å². The molecule has 0 unspecified atom stereocenters. The smallest absolute Gasteiger partial charge is 0.263 e. The van der Waals surface area contributed by atoms with E-state index in [0.29, 0.717) is 11.5 Å². The molecule has 1 aromatic heterocycles. The maximum absolute atomic E-state index is 10.3. The molecule has 12 heavy (non-hydrogen) atoms. The van der Waals surface area contributed by atoms with Crippen LogP contribution >= 0.6 is 0 Å². The molecule has 5 nitrogen and oxygen atoms in total. The van der Waals surface area contributed by atoms with Crippen LogP contribution in [0.15, 0.2) is 17.4 Å². The van der Waals surface area contributed by atoms with Gasteiger partial charge in [-0.25, -0.2) is 9.97 Å². The van der Waals surface area contributed by atoms with Crippen molar-refractivity contribution in [3.8, 4) is 0 Å². The van der Waals surface area contributed by atoms with Crippen LogP contribution in [-0.2, 0) is 4.79 Å². The maximum atomic E-state index is 10.3. The van der Waals surface area contributed by atoms with Gasteiger partial charge in [0.15, 0.2) is 5.82 Å². The molecule has 0 fully saturated rings. The second-order valence-electron chi connectivity index (χ2n) is 2.05. The fraction of sp³-hybridized carbons (Fsp3) is 0. The molecule has 0 N–H and O–H groups in total. The molecule has 1 aliphatic heterocycles. The predicted molar refractivity (Wildman–Crippen MR) is 41.0 cm³/mol. The van der Waals surface area contributed by atoms with E-state index in [1.165, 1.54) is 18.6 Å². The molecule has 0 spiro atoms. The summed E-state index contributed by atoms with van der Waals surface area (Å²) >= 11 is 0. The molecular weight excluding hydrogens is 156 g/mol. The fourth-order valence-electron chi connectivity index (χ4n) is 0.864. The fourth-order valence-corrected chi connectivity index (χ4v) is 0.864. The van der Waals surface area contributed by atoms with Gasteiger partial charge in [-0.2, -0.15) is 0 Å².